The van der Waals surface area contributed by atoms with Gasteiger partial charge < -0.3 is 10.2 Å². The summed E-state index contributed by atoms with van der Waals surface area (Å²) >= 11 is 0. The molecule has 0 saturated heterocycles. The Kier molecular flexibility index (Phi) is 4.18. The fourth-order valence-corrected chi connectivity index (χ4v) is 2.72. The predicted octanol–water partition coefficient (Wildman–Crippen LogP) is 0.613. The molecule has 0 spiro atoms. The third kappa shape index (κ3) is 4.38. The highest BCUT2D eigenvalue weighted by atomic mass is 32.2. The Morgan fingerprint density at radius 2 is 2.06 bits per heavy atom. The second kappa shape index (κ2) is 5.03. The van der Waals surface area contributed by atoms with Gasteiger partial charge in [0.2, 0.25) is 0 Å². The van der Waals surface area contributed by atoms with Crippen molar-refractivity contribution >= 4 is 15.9 Å². The molecule has 0 bridgehead atoms. The second-order valence-electron chi connectivity index (χ2n) is 4.45. The predicted molar refractivity (Wildman–Crippen MR) is 63.1 cm³/mol. The molecule has 0 aromatic rings. The van der Waals surface area contributed by atoms with Crippen LogP contribution in [0.5, 0.6) is 0 Å². The van der Waals surface area contributed by atoms with Crippen molar-refractivity contribution in [2.24, 2.45) is 0 Å². The SMILES string of the molecule is CCN(C(=O)NC1CC1)[C@@H](C)CS(C)(=O)=O. The van der Waals surface area contributed by atoms with Crippen LogP contribution in [0.4, 0.5) is 4.79 Å². The van der Waals surface area contributed by atoms with Crippen molar-refractivity contribution in [2.75, 3.05) is 18.6 Å². The van der Waals surface area contributed by atoms with E-state index in [9.17, 15) is 13.2 Å². The Bertz CT molecular complexity index is 349. The number of carbonyl (C=O) groups is 1. The van der Waals surface area contributed by atoms with Crippen LogP contribution >= 0.6 is 0 Å². The standard InChI is InChI=1S/C10H20N2O3S/c1-4-12(8(2)7-16(3,14)15)10(13)11-9-5-6-9/h8-9H,4-7H2,1-3H3,(H,11,13)/t8-/m0/s1. The Balaban J connectivity index is 2.53. The highest BCUT2D eigenvalue weighted by molar-refractivity contribution is 7.90. The Morgan fingerprint density at radius 1 is 1.50 bits per heavy atom. The number of hydrogen-bond donors (Lipinski definition) is 1. The van der Waals surface area contributed by atoms with Gasteiger partial charge in [-0.1, -0.05) is 0 Å². The first-order chi connectivity index (χ1) is 7.33. The average molecular weight is 248 g/mol. The molecular weight excluding hydrogens is 228 g/mol. The van der Waals surface area contributed by atoms with E-state index in [1.54, 1.807) is 11.8 Å². The first-order valence-corrected chi connectivity index (χ1v) is 7.64. The van der Waals surface area contributed by atoms with Gasteiger partial charge in [0.25, 0.3) is 0 Å². The third-order valence-corrected chi connectivity index (χ3v) is 3.67. The van der Waals surface area contributed by atoms with Crippen LogP contribution in [0.2, 0.25) is 0 Å². The van der Waals surface area contributed by atoms with Crippen LogP contribution in [-0.4, -0.2) is 50.0 Å². The van der Waals surface area contributed by atoms with Crippen molar-refractivity contribution in [3.63, 3.8) is 0 Å². The molecule has 16 heavy (non-hydrogen) atoms. The zero-order valence-corrected chi connectivity index (χ0v) is 10.9. The van der Waals surface area contributed by atoms with Crippen LogP contribution in [0.1, 0.15) is 26.7 Å². The Hall–Kier alpha value is -0.780. The largest absolute Gasteiger partial charge is 0.335 e. The zero-order chi connectivity index (χ0) is 12.3. The average Bonchev–Trinajstić information content (AvgIpc) is 2.85. The van der Waals surface area contributed by atoms with Crippen LogP contribution in [-0.2, 0) is 9.84 Å². The number of amides is 2. The van der Waals surface area contributed by atoms with Crippen LogP contribution in [0, 0.1) is 0 Å². The molecule has 0 aromatic carbocycles. The fraction of sp³-hybridized carbons (Fsp3) is 0.900. The smallest absolute Gasteiger partial charge is 0.317 e. The van der Waals surface area contributed by atoms with Gasteiger partial charge >= 0.3 is 6.03 Å². The third-order valence-electron chi connectivity index (χ3n) is 2.58. The number of nitrogens with one attached hydrogen (secondary N) is 1. The van der Waals surface area contributed by atoms with E-state index in [1.165, 1.54) is 6.26 Å². The van der Waals surface area contributed by atoms with E-state index in [2.05, 4.69) is 5.32 Å². The topological polar surface area (TPSA) is 66.5 Å². The summed E-state index contributed by atoms with van der Waals surface area (Å²) in [6, 6.07) is -0.133. The number of rotatable bonds is 5. The van der Waals surface area contributed by atoms with E-state index in [0.717, 1.165) is 12.8 Å². The lowest BCUT2D eigenvalue weighted by Crippen LogP contribution is -2.47. The summed E-state index contributed by atoms with van der Waals surface area (Å²) in [4.78, 5) is 13.3. The van der Waals surface area contributed by atoms with E-state index >= 15 is 0 Å². The molecule has 1 rings (SSSR count). The molecule has 1 N–H and O–H groups in total. The lowest BCUT2D eigenvalue weighted by Gasteiger charge is -2.27. The van der Waals surface area contributed by atoms with E-state index in [0.29, 0.717) is 12.6 Å². The van der Waals surface area contributed by atoms with Gasteiger partial charge in [-0.25, -0.2) is 13.2 Å². The molecular formula is C10H20N2O3S. The molecule has 0 radical (unpaired) electrons. The lowest BCUT2D eigenvalue weighted by molar-refractivity contribution is 0.187. The summed E-state index contributed by atoms with van der Waals surface area (Å²) in [5.41, 5.74) is 0. The summed E-state index contributed by atoms with van der Waals surface area (Å²) in [6.07, 6.45) is 3.25. The molecule has 1 atom stereocenters. The maximum atomic E-state index is 11.8. The van der Waals surface area contributed by atoms with Crippen molar-refractivity contribution in [2.45, 2.75) is 38.8 Å². The van der Waals surface area contributed by atoms with Gasteiger partial charge in [0.1, 0.15) is 9.84 Å². The molecule has 0 unspecified atom stereocenters. The summed E-state index contributed by atoms with van der Waals surface area (Å²) in [6.45, 7) is 4.14. The first kappa shape index (κ1) is 13.3. The highest BCUT2D eigenvalue weighted by Gasteiger charge is 2.28. The minimum absolute atomic E-state index is 0.0128. The zero-order valence-electron chi connectivity index (χ0n) is 10.1. The Morgan fingerprint density at radius 3 is 2.44 bits per heavy atom. The lowest BCUT2D eigenvalue weighted by atomic mass is 10.3. The minimum atomic E-state index is -3.05. The molecule has 1 aliphatic rings. The van der Waals surface area contributed by atoms with Crippen molar-refractivity contribution < 1.29 is 13.2 Å². The normalized spacial score (nSPS) is 17.9. The van der Waals surface area contributed by atoms with Crippen molar-refractivity contribution in [1.82, 2.24) is 10.2 Å². The summed E-state index contributed by atoms with van der Waals surface area (Å²) < 4.78 is 22.3. The van der Waals surface area contributed by atoms with Gasteiger partial charge in [-0.2, -0.15) is 0 Å². The van der Waals surface area contributed by atoms with Gasteiger partial charge in [0.15, 0.2) is 0 Å². The molecule has 1 aliphatic carbocycles. The first-order valence-electron chi connectivity index (χ1n) is 5.58. The van der Waals surface area contributed by atoms with Crippen LogP contribution in [0.15, 0.2) is 0 Å². The fourth-order valence-electron chi connectivity index (χ4n) is 1.67. The quantitative estimate of drug-likeness (QED) is 0.775. The molecule has 1 fully saturated rings. The second-order valence-corrected chi connectivity index (χ2v) is 6.64. The van der Waals surface area contributed by atoms with Gasteiger partial charge in [0.05, 0.1) is 5.75 Å². The van der Waals surface area contributed by atoms with Crippen molar-refractivity contribution in [3.05, 3.63) is 0 Å². The van der Waals surface area contributed by atoms with E-state index in [4.69, 9.17) is 0 Å². The molecule has 0 aromatic heterocycles. The summed E-state index contributed by atoms with van der Waals surface area (Å²) in [5.74, 6) is 0.0128. The molecule has 1 saturated carbocycles. The maximum absolute atomic E-state index is 11.8. The number of carbonyl (C=O) groups excluding carboxylic acids is 1. The van der Waals surface area contributed by atoms with E-state index < -0.39 is 9.84 Å². The summed E-state index contributed by atoms with van der Waals surface area (Å²) in [5, 5.41) is 2.86. The molecule has 0 aliphatic heterocycles. The Labute approximate surface area is 97.1 Å². The molecule has 0 heterocycles. The van der Waals surface area contributed by atoms with Gasteiger partial charge in [0, 0.05) is 24.9 Å². The molecule has 2 amide bonds. The van der Waals surface area contributed by atoms with Gasteiger partial charge in [-0.15, -0.1) is 0 Å². The number of hydrogen-bond acceptors (Lipinski definition) is 3. The van der Waals surface area contributed by atoms with E-state index in [1.807, 2.05) is 6.92 Å². The number of sulfone groups is 1. The maximum Gasteiger partial charge on any atom is 0.317 e. The number of urea groups is 1. The van der Waals surface area contributed by atoms with Gasteiger partial charge in [-0.05, 0) is 26.7 Å². The number of nitrogens with zero attached hydrogens (tertiary/aromatic N) is 1. The van der Waals surface area contributed by atoms with Crippen molar-refractivity contribution in [1.29, 1.82) is 0 Å². The minimum Gasteiger partial charge on any atom is -0.335 e. The van der Waals surface area contributed by atoms with Crippen molar-refractivity contribution in [3.8, 4) is 0 Å². The molecule has 5 nitrogen and oxygen atoms in total. The van der Waals surface area contributed by atoms with Gasteiger partial charge in [-0.3, -0.25) is 0 Å². The molecule has 94 valence electrons. The summed E-state index contributed by atoms with van der Waals surface area (Å²) in [7, 11) is -3.05. The highest BCUT2D eigenvalue weighted by Crippen LogP contribution is 2.19. The van der Waals surface area contributed by atoms with Crippen LogP contribution in [0.25, 0.3) is 0 Å². The van der Waals surface area contributed by atoms with E-state index in [-0.39, 0.29) is 17.8 Å². The van der Waals surface area contributed by atoms with Crippen LogP contribution in [0.3, 0.4) is 0 Å². The molecule has 6 heteroatoms. The monoisotopic (exact) mass is 248 g/mol. The van der Waals surface area contributed by atoms with Crippen LogP contribution < -0.4 is 5.32 Å².